The van der Waals surface area contributed by atoms with Gasteiger partial charge in [-0.3, -0.25) is 10.4 Å². The minimum absolute atomic E-state index is 0.00386. The fourth-order valence-corrected chi connectivity index (χ4v) is 3.62. The number of hydrogen-bond donors (Lipinski definition) is 2. The zero-order valence-electron chi connectivity index (χ0n) is 15.8. The van der Waals surface area contributed by atoms with E-state index in [-0.39, 0.29) is 6.04 Å². The van der Waals surface area contributed by atoms with Crippen molar-refractivity contribution < 1.29 is 0 Å². The van der Waals surface area contributed by atoms with Crippen molar-refractivity contribution >= 4 is 22.5 Å². The fourth-order valence-electron chi connectivity index (χ4n) is 3.62. The zero-order chi connectivity index (χ0) is 18.8. The van der Waals surface area contributed by atoms with E-state index in [1.807, 2.05) is 24.3 Å². The summed E-state index contributed by atoms with van der Waals surface area (Å²) in [6.45, 7) is 4.25. The summed E-state index contributed by atoms with van der Waals surface area (Å²) in [5.41, 5.74) is 6.60. The molecular weight excluding hydrogens is 332 g/mol. The number of aryl methyl sites for hydroxylation is 1. The van der Waals surface area contributed by atoms with Crippen LogP contribution in [0.3, 0.4) is 0 Å². The molecule has 0 bridgehead atoms. The molecule has 1 aliphatic rings. The van der Waals surface area contributed by atoms with Crippen LogP contribution >= 0.6 is 0 Å². The molecular formula is C23H24N4. The molecule has 0 saturated carbocycles. The van der Waals surface area contributed by atoms with Crippen LogP contribution in [0.25, 0.3) is 11.0 Å². The molecule has 27 heavy (non-hydrogen) atoms. The predicted molar refractivity (Wildman–Crippen MR) is 112 cm³/mol. The SMILES string of the molecule is CCCc1ccc2nc(C3=NC(c4ccccc4)CC(C)=CC3=N)[nH]c2c1. The third kappa shape index (κ3) is 3.61. The Hall–Kier alpha value is -3.01. The van der Waals surface area contributed by atoms with Gasteiger partial charge in [0.1, 0.15) is 5.71 Å². The summed E-state index contributed by atoms with van der Waals surface area (Å²) >= 11 is 0. The maximum atomic E-state index is 8.52. The fraction of sp³-hybridized carbons (Fsp3) is 0.261. The van der Waals surface area contributed by atoms with Crippen LogP contribution in [0.2, 0.25) is 0 Å². The Morgan fingerprint density at radius 1 is 1.15 bits per heavy atom. The molecule has 2 N–H and O–H groups in total. The van der Waals surface area contributed by atoms with E-state index in [1.54, 1.807) is 0 Å². The first-order valence-corrected chi connectivity index (χ1v) is 9.52. The van der Waals surface area contributed by atoms with Gasteiger partial charge in [0.05, 0.1) is 22.8 Å². The molecule has 2 aromatic carbocycles. The first-order valence-electron chi connectivity index (χ1n) is 9.52. The van der Waals surface area contributed by atoms with Crippen molar-refractivity contribution in [3.63, 3.8) is 0 Å². The Kier molecular flexibility index (Phi) is 4.71. The molecule has 1 unspecified atom stereocenters. The van der Waals surface area contributed by atoms with Gasteiger partial charge in [-0.05, 0) is 49.1 Å². The van der Waals surface area contributed by atoms with Crippen molar-refractivity contribution in [2.75, 3.05) is 0 Å². The van der Waals surface area contributed by atoms with Gasteiger partial charge in [-0.2, -0.15) is 0 Å². The minimum atomic E-state index is 0.00386. The van der Waals surface area contributed by atoms with Crippen molar-refractivity contribution in [3.8, 4) is 0 Å². The van der Waals surface area contributed by atoms with Gasteiger partial charge in [-0.1, -0.05) is 55.3 Å². The van der Waals surface area contributed by atoms with Crippen molar-refractivity contribution in [1.82, 2.24) is 9.97 Å². The lowest BCUT2D eigenvalue weighted by atomic mass is 10.0. The molecule has 136 valence electrons. The maximum Gasteiger partial charge on any atom is 0.158 e. The lowest BCUT2D eigenvalue weighted by Crippen LogP contribution is -2.14. The number of nitrogens with zero attached hydrogens (tertiary/aromatic N) is 2. The quantitative estimate of drug-likeness (QED) is 0.644. The molecule has 1 aliphatic heterocycles. The van der Waals surface area contributed by atoms with E-state index in [1.165, 1.54) is 11.1 Å². The average molecular weight is 356 g/mol. The number of aliphatic imine (C=N–C) groups is 1. The van der Waals surface area contributed by atoms with E-state index in [0.717, 1.165) is 35.9 Å². The molecule has 0 aliphatic carbocycles. The van der Waals surface area contributed by atoms with E-state index in [9.17, 15) is 0 Å². The van der Waals surface area contributed by atoms with Crippen LogP contribution in [0.5, 0.6) is 0 Å². The van der Waals surface area contributed by atoms with Crippen LogP contribution in [0.15, 0.2) is 65.2 Å². The van der Waals surface area contributed by atoms with Gasteiger partial charge in [0.2, 0.25) is 0 Å². The van der Waals surface area contributed by atoms with Crippen LogP contribution in [-0.2, 0) is 6.42 Å². The highest BCUT2D eigenvalue weighted by Crippen LogP contribution is 2.28. The van der Waals surface area contributed by atoms with E-state index in [2.05, 4.69) is 49.2 Å². The van der Waals surface area contributed by atoms with E-state index in [0.29, 0.717) is 17.2 Å². The molecule has 3 aromatic rings. The second-order valence-corrected chi connectivity index (χ2v) is 7.20. The highest BCUT2D eigenvalue weighted by atomic mass is 15.0. The van der Waals surface area contributed by atoms with Crippen molar-refractivity contribution in [1.29, 1.82) is 5.41 Å². The summed E-state index contributed by atoms with van der Waals surface area (Å²) in [7, 11) is 0. The largest absolute Gasteiger partial charge is 0.337 e. The second kappa shape index (κ2) is 7.31. The van der Waals surface area contributed by atoms with Gasteiger partial charge in [0.15, 0.2) is 5.82 Å². The summed E-state index contributed by atoms with van der Waals surface area (Å²) in [4.78, 5) is 13.1. The summed E-state index contributed by atoms with van der Waals surface area (Å²) in [6.07, 6.45) is 4.90. The van der Waals surface area contributed by atoms with E-state index >= 15 is 0 Å². The zero-order valence-corrected chi connectivity index (χ0v) is 15.8. The predicted octanol–water partition coefficient (Wildman–Crippen LogP) is 5.42. The standard InChI is InChI=1S/C23H24N4/c1-3-7-16-10-11-19-21(14-16)27-23(26-19)22-18(24)12-15(2)13-20(25-22)17-8-5-4-6-9-17/h4-6,8-12,14,20,24H,3,7,13H2,1-2H3,(H,26,27). The number of nitrogens with one attached hydrogen (secondary N) is 2. The van der Waals surface area contributed by atoms with Crippen LogP contribution in [-0.4, -0.2) is 21.4 Å². The van der Waals surface area contributed by atoms with Crippen LogP contribution in [0.4, 0.5) is 0 Å². The maximum absolute atomic E-state index is 8.52. The summed E-state index contributed by atoms with van der Waals surface area (Å²) in [6, 6.07) is 16.6. The molecule has 0 amide bonds. The normalized spacial score (nSPS) is 17.6. The number of hydrogen-bond acceptors (Lipinski definition) is 3. The average Bonchev–Trinajstić information content (AvgIpc) is 3.01. The van der Waals surface area contributed by atoms with Crippen molar-refractivity contribution in [2.45, 2.75) is 39.2 Å². The minimum Gasteiger partial charge on any atom is -0.337 e. The van der Waals surface area contributed by atoms with Gasteiger partial charge in [0, 0.05) is 0 Å². The number of H-pyrrole nitrogens is 1. The highest BCUT2D eigenvalue weighted by Gasteiger charge is 2.21. The molecule has 0 spiro atoms. The molecule has 4 nitrogen and oxygen atoms in total. The number of fused-ring (bicyclic) bond motifs is 1. The smallest absolute Gasteiger partial charge is 0.158 e. The number of imidazole rings is 1. The van der Waals surface area contributed by atoms with Gasteiger partial charge in [-0.25, -0.2) is 4.98 Å². The van der Waals surface area contributed by atoms with Gasteiger partial charge >= 0.3 is 0 Å². The number of allylic oxidation sites excluding steroid dienone is 1. The van der Waals surface area contributed by atoms with Crippen LogP contribution < -0.4 is 0 Å². The second-order valence-electron chi connectivity index (χ2n) is 7.20. The molecule has 4 rings (SSSR count). The lowest BCUT2D eigenvalue weighted by molar-refractivity contribution is 0.722. The van der Waals surface area contributed by atoms with Crippen LogP contribution in [0.1, 0.15) is 49.7 Å². The highest BCUT2D eigenvalue weighted by molar-refractivity contribution is 6.50. The van der Waals surface area contributed by atoms with Gasteiger partial charge in [0.25, 0.3) is 0 Å². The molecule has 0 radical (unpaired) electrons. The monoisotopic (exact) mass is 356 g/mol. The molecule has 4 heteroatoms. The first-order chi connectivity index (χ1) is 13.1. The van der Waals surface area contributed by atoms with E-state index < -0.39 is 0 Å². The topological polar surface area (TPSA) is 64.9 Å². The third-order valence-electron chi connectivity index (χ3n) is 4.94. The van der Waals surface area contributed by atoms with Crippen LogP contribution in [0, 0.1) is 5.41 Å². The molecule has 1 aromatic heterocycles. The Morgan fingerprint density at radius 3 is 2.74 bits per heavy atom. The Bertz CT molecular complexity index is 1040. The van der Waals surface area contributed by atoms with Gasteiger partial charge < -0.3 is 4.98 Å². The van der Waals surface area contributed by atoms with Gasteiger partial charge in [-0.15, -0.1) is 0 Å². The lowest BCUT2D eigenvalue weighted by Gasteiger charge is -2.12. The third-order valence-corrected chi connectivity index (χ3v) is 4.94. The van der Waals surface area contributed by atoms with Crippen molar-refractivity contribution in [2.24, 2.45) is 4.99 Å². The molecule has 0 saturated heterocycles. The molecule has 2 heterocycles. The number of aromatic nitrogens is 2. The number of benzene rings is 2. The Balaban J connectivity index is 1.78. The Morgan fingerprint density at radius 2 is 1.96 bits per heavy atom. The Labute approximate surface area is 159 Å². The molecule has 0 fully saturated rings. The van der Waals surface area contributed by atoms with E-state index in [4.69, 9.17) is 15.4 Å². The summed E-state index contributed by atoms with van der Waals surface area (Å²) in [5, 5.41) is 8.52. The number of rotatable bonds is 4. The summed E-state index contributed by atoms with van der Waals surface area (Å²) in [5.74, 6) is 0.676. The molecule has 1 atom stereocenters. The number of aromatic amines is 1. The summed E-state index contributed by atoms with van der Waals surface area (Å²) < 4.78 is 0. The van der Waals surface area contributed by atoms with Crippen molar-refractivity contribution in [3.05, 3.63) is 77.1 Å². The first kappa shape index (κ1) is 17.4.